The molecule has 0 radical (unpaired) electrons. The second-order valence-electron chi connectivity index (χ2n) is 3.73. The monoisotopic (exact) mass is 231 g/mol. The van der Waals surface area contributed by atoms with E-state index in [2.05, 4.69) is 17.2 Å². The smallest absolute Gasteiger partial charge is 0.188 e. The van der Waals surface area contributed by atoms with Gasteiger partial charge in [-0.05, 0) is 13.3 Å². The number of guanidine groups is 1. The second-order valence-corrected chi connectivity index (χ2v) is 3.73. The summed E-state index contributed by atoms with van der Waals surface area (Å²) in [6.07, 6.45) is 2.25. The summed E-state index contributed by atoms with van der Waals surface area (Å²) in [5.74, 6) is 0.448. The molecule has 0 aromatic carbocycles. The fourth-order valence-electron chi connectivity index (χ4n) is 1.17. The predicted octanol–water partition coefficient (Wildman–Crippen LogP) is 0.742. The molecule has 0 saturated carbocycles. The first-order valence-corrected chi connectivity index (χ1v) is 5.83. The van der Waals surface area contributed by atoms with Gasteiger partial charge in [-0.2, -0.15) is 0 Å². The van der Waals surface area contributed by atoms with Crippen LogP contribution in [0, 0.1) is 0 Å². The van der Waals surface area contributed by atoms with Crippen molar-refractivity contribution in [3.63, 3.8) is 0 Å². The molecule has 0 aliphatic heterocycles. The van der Waals surface area contributed by atoms with Gasteiger partial charge in [-0.1, -0.05) is 13.3 Å². The fraction of sp³-hybridized carbons (Fsp3) is 0.909. The van der Waals surface area contributed by atoms with E-state index in [0.717, 1.165) is 19.4 Å². The minimum atomic E-state index is 0.176. The van der Waals surface area contributed by atoms with Gasteiger partial charge in [0, 0.05) is 19.8 Å². The van der Waals surface area contributed by atoms with E-state index in [0.29, 0.717) is 25.7 Å². The zero-order valence-corrected chi connectivity index (χ0v) is 10.7. The molecule has 0 aromatic heterocycles. The van der Waals surface area contributed by atoms with Crippen LogP contribution < -0.4 is 11.1 Å². The number of nitrogens with two attached hydrogens (primary N) is 1. The largest absolute Gasteiger partial charge is 0.383 e. The van der Waals surface area contributed by atoms with Gasteiger partial charge in [0.2, 0.25) is 0 Å². The van der Waals surface area contributed by atoms with E-state index in [-0.39, 0.29) is 6.04 Å². The van der Waals surface area contributed by atoms with E-state index in [9.17, 15) is 0 Å². The molecule has 5 nitrogen and oxygen atoms in total. The second kappa shape index (κ2) is 10.7. The minimum absolute atomic E-state index is 0.176. The van der Waals surface area contributed by atoms with Crippen molar-refractivity contribution in [3.8, 4) is 0 Å². The Morgan fingerprint density at radius 2 is 2.19 bits per heavy atom. The van der Waals surface area contributed by atoms with Gasteiger partial charge in [0.25, 0.3) is 0 Å². The van der Waals surface area contributed by atoms with Gasteiger partial charge < -0.3 is 20.5 Å². The molecule has 96 valence electrons. The molecular weight excluding hydrogens is 206 g/mol. The van der Waals surface area contributed by atoms with Crippen molar-refractivity contribution >= 4 is 5.96 Å². The first-order chi connectivity index (χ1) is 7.70. The molecule has 0 spiro atoms. The lowest BCUT2D eigenvalue weighted by Crippen LogP contribution is -2.40. The van der Waals surface area contributed by atoms with Crippen molar-refractivity contribution in [1.29, 1.82) is 0 Å². The Balaban J connectivity index is 3.47. The number of ether oxygens (including phenoxy) is 2. The topological polar surface area (TPSA) is 68.9 Å². The van der Waals surface area contributed by atoms with Crippen LogP contribution in [0.5, 0.6) is 0 Å². The average Bonchev–Trinajstić information content (AvgIpc) is 2.23. The number of aliphatic imine (C=N–C) groups is 1. The van der Waals surface area contributed by atoms with E-state index in [4.69, 9.17) is 15.2 Å². The first kappa shape index (κ1) is 15.2. The average molecular weight is 231 g/mol. The van der Waals surface area contributed by atoms with Crippen LogP contribution in [0.25, 0.3) is 0 Å². The maximum atomic E-state index is 5.67. The van der Waals surface area contributed by atoms with Gasteiger partial charge in [-0.15, -0.1) is 0 Å². The first-order valence-electron chi connectivity index (χ1n) is 5.83. The summed E-state index contributed by atoms with van der Waals surface area (Å²) < 4.78 is 10.3. The highest BCUT2D eigenvalue weighted by atomic mass is 16.5. The van der Waals surface area contributed by atoms with E-state index in [1.807, 2.05) is 6.92 Å². The zero-order chi connectivity index (χ0) is 12.2. The molecule has 0 aliphatic carbocycles. The van der Waals surface area contributed by atoms with Crippen LogP contribution in [-0.2, 0) is 9.47 Å². The Bertz CT molecular complexity index is 186. The standard InChI is InChI=1S/C11H25N3O2/c1-4-5-7-16-8-6-13-11(12)14-10(2)9-15-3/h10H,4-9H2,1-3H3,(H3,12,13,14). The molecule has 5 heteroatoms. The summed E-state index contributed by atoms with van der Waals surface area (Å²) in [4.78, 5) is 4.15. The lowest BCUT2D eigenvalue weighted by molar-refractivity contribution is 0.138. The molecule has 0 bridgehead atoms. The molecular formula is C11H25N3O2. The Morgan fingerprint density at radius 3 is 2.81 bits per heavy atom. The SMILES string of the molecule is CCCCOCCN=C(N)NC(C)COC. The van der Waals surface area contributed by atoms with Crippen LogP contribution in [0.4, 0.5) is 0 Å². The van der Waals surface area contributed by atoms with Crippen LogP contribution in [0.1, 0.15) is 26.7 Å². The van der Waals surface area contributed by atoms with Crippen molar-refractivity contribution in [2.45, 2.75) is 32.7 Å². The number of nitrogens with zero attached hydrogens (tertiary/aromatic N) is 1. The lowest BCUT2D eigenvalue weighted by Gasteiger charge is -2.12. The molecule has 0 amide bonds. The fourth-order valence-corrected chi connectivity index (χ4v) is 1.17. The molecule has 0 aliphatic rings. The summed E-state index contributed by atoms with van der Waals surface area (Å²) in [5, 5.41) is 3.03. The van der Waals surface area contributed by atoms with Gasteiger partial charge >= 0.3 is 0 Å². The summed E-state index contributed by atoms with van der Waals surface area (Å²) in [7, 11) is 1.66. The molecule has 1 unspecified atom stereocenters. The number of nitrogens with one attached hydrogen (secondary N) is 1. The maximum Gasteiger partial charge on any atom is 0.188 e. The van der Waals surface area contributed by atoms with E-state index in [1.165, 1.54) is 0 Å². The molecule has 0 aromatic rings. The minimum Gasteiger partial charge on any atom is -0.383 e. The van der Waals surface area contributed by atoms with Gasteiger partial charge in [-0.3, -0.25) is 4.99 Å². The zero-order valence-electron chi connectivity index (χ0n) is 10.7. The molecule has 1 atom stereocenters. The van der Waals surface area contributed by atoms with Crippen LogP contribution in [-0.4, -0.2) is 45.5 Å². The van der Waals surface area contributed by atoms with Crippen molar-refractivity contribution in [2.24, 2.45) is 10.7 Å². The quantitative estimate of drug-likeness (QED) is 0.349. The van der Waals surface area contributed by atoms with Gasteiger partial charge in [-0.25, -0.2) is 0 Å². The third kappa shape index (κ3) is 9.73. The molecule has 0 saturated heterocycles. The van der Waals surface area contributed by atoms with Crippen LogP contribution in [0.2, 0.25) is 0 Å². The van der Waals surface area contributed by atoms with Gasteiger partial charge in [0.1, 0.15) is 0 Å². The lowest BCUT2D eigenvalue weighted by atomic mass is 10.4. The van der Waals surface area contributed by atoms with Crippen LogP contribution >= 0.6 is 0 Å². The van der Waals surface area contributed by atoms with Crippen LogP contribution in [0.15, 0.2) is 4.99 Å². The number of methoxy groups -OCH3 is 1. The van der Waals surface area contributed by atoms with Crippen molar-refractivity contribution in [1.82, 2.24) is 5.32 Å². The summed E-state index contributed by atoms with van der Waals surface area (Å²) >= 11 is 0. The highest BCUT2D eigenvalue weighted by Crippen LogP contribution is 1.87. The Kier molecular flexibility index (Phi) is 10.2. The summed E-state index contributed by atoms with van der Waals surface area (Å²) in [5.41, 5.74) is 5.67. The Hall–Kier alpha value is -0.810. The number of rotatable bonds is 9. The van der Waals surface area contributed by atoms with E-state index < -0.39 is 0 Å². The summed E-state index contributed by atoms with van der Waals surface area (Å²) in [6.45, 7) is 6.77. The molecule has 0 rings (SSSR count). The number of hydrogen-bond acceptors (Lipinski definition) is 3. The molecule has 16 heavy (non-hydrogen) atoms. The molecule has 0 heterocycles. The Labute approximate surface area is 98.4 Å². The van der Waals surface area contributed by atoms with E-state index in [1.54, 1.807) is 7.11 Å². The van der Waals surface area contributed by atoms with Gasteiger partial charge in [0.05, 0.1) is 19.8 Å². The number of unbranched alkanes of at least 4 members (excludes halogenated alkanes) is 1. The third-order valence-electron chi connectivity index (χ3n) is 1.97. The third-order valence-corrected chi connectivity index (χ3v) is 1.97. The van der Waals surface area contributed by atoms with Crippen molar-refractivity contribution < 1.29 is 9.47 Å². The normalized spacial score (nSPS) is 13.8. The summed E-state index contributed by atoms with van der Waals surface area (Å²) in [6, 6.07) is 0.176. The van der Waals surface area contributed by atoms with E-state index >= 15 is 0 Å². The highest BCUT2D eigenvalue weighted by molar-refractivity contribution is 5.78. The molecule has 0 fully saturated rings. The highest BCUT2D eigenvalue weighted by Gasteiger charge is 2.00. The number of hydrogen-bond donors (Lipinski definition) is 2. The van der Waals surface area contributed by atoms with Crippen LogP contribution in [0.3, 0.4) is 0 Å². The van der Waals surface area contributed by atoms with Gasteiger partial charge in [0.15, 0.2) is 5.96 Å². The maximum absolute atomic E-state index is 5.67. The molecule has 3 N–H and O–H groups in total. The van der Waals surface area contributed by atoms with Crippen molar-refractivity contribution in [3.05, 3.63) is 0 Å². The Morgan fingerprint density at radius 1 is 1.44 bits per heavy atom. The van der Waals surface area contributed by atoms with Crippen molar-refractivity contribution in [2.75, 3.05) is 33.5 Å². The predicted molar refractivity (Wildman–Crippen MR) is 66.7 cm³/mol.